The number of sulfonamides is 1. The molecule has 0 fully saturated rings. The zero-order valence-electron chi connectivity index (χ0n) is 26.8. The van der Waals surface area contributed by atoms with Gasteiger partial charge in [-0.05, 0) is 73.4 Å². The zero-order chi connectivity index (χ0) is 32.9. The lowest BCUT2D eigenvalue weighted by Crippen LogP contribution is -2.53. The molecule has 0 aliphatic carbocycles. The van der Waals surface area contributed by atoms with Crippen molar-refractivity contribution in [3.05, 3.63) is 126 Å². The van der Waals surface area contributed by atoms with E-state index in [-0.39, 0.29) is 23.8 Å². The standard InChI is InChI=1S/C37H43N3O5S/c1-4-6-25-38-37(42)35(26-30-16-9-7-10-17-30)39(27-31-18-14-13-15-29(31)3)36(41)28-40(32-19-11-8-12-20-32)46(43,44)34-23-21-33(22-24-34)45-5-2/h7-24,35H,4-6,25-28H2,1-3H3,(H,38,42). The van der Waals surface area contributed by atoms with Crippen LogP contribution in [0.1, 0.15) is 43.4 Å². The van der Waals surface area contributed by atoms with Crippen LogP contribution in [0.25, 0.3) is 0 Å². The topological polar surface area (TPSA) is 96.0 Å². The Hall–Kier alpha value is -4.63. The van der Waals surface area contributed by atoms with Gasteiger partial charge < -0.3 is 15.0 Å². The summed E-state index contributed by atoms with van der Waals surface area (Å²) in [7, 11) is -4.19. The van der Waals surface area contributed by atoms with E-state index in [0.717, 1.165) is 33.8 Å². The molecule has 0 spiro atoms. The minimum atomic E-state index is -4.19. The number of ether oxygens (including phenoxy) is 1. The Morgan fingerprint density at radius 1 is 0.826 bits per heavy atom. The number of hydrogen-bond donors (Lipinski definition) is 1. The third-order valence-electron chi connectivity index (χ3n) is 7.75. The number of nitrogens with one attached hydrogen (secondary N) is 1. The molecule has 2 amide bonds. The minimum Gasteiger partial charge on any atom is -0.494 e. The third kappa shape index (κ3) is 8.97. The number of anilines is 1. The predicted molar refractivity (Wildman–Crippen MR) is 182 cm³/mol. The zero-order valence-corrected chi connectivity index (χ0v) is 27.6. The van der Waals surface area contributed by atoms with Crippen molar-refractivity contribution in [1.82, 2.24) is 10.2 Å². The molecule has 46 heavy (non-hydrogen) atoms. The van der Waals surface area contributed by atoms with Crippen LogP contribution in [0.3, 0.4) is 0 Å². The maximum Gasteiger partial charge on any atom is 0.264 e. The fourth-order valence-electron chi connectivity index (χ4n) is 5.16. The van der Waals surface area contributed by atoms with Gasteiger partial charge >= 0.3 is 0 Å². The van der Waals surface area contributed by atoms with Gasteiger partial charge in [-0.25, -0.2) is 8.42 Å². The van der Waals surface area contributed by atoms with Crippen LogP contribution in [-0.2, 0) is 32.6 Å². The SMILES string of the molecule is CCCCNC(=O)C(Cc1ccccc1)N(Cc1ccccc1C)C(=O)CN(c1ccccc1)S(=O)(=O)c1ccc(OCC)cc1. The molecule has 4 rings (SSSR count). The molecule has 0 heterocycles. The number of aryl methyl sites for hydroxylation is 1. The van der Waals surface area contributed by atoms with E-state index < -0.39 is 28.5 Å². The van der Waals surface area contributed by atoms with Crippen LogP contribution >= 0.6 is 0 Å². The van der Waals surface area contributed by atoms with Gasteiger partial charge in [0, 0.05) is 19.5 Å². The summed E-state index contributed by atoms with van der Waals surface area (Å²) in [6.45, 7) is 6.42. The molecule has 1 N–H and O–H groups in total. The molecule has 9 heteroatoms. The van der Waals surface area contributed by atoms with Crippen molar-refractivity contribution in [1.29, 1.82) is 0 Å². The number of benzene rings is 4. The lowest BCUT2D eigenvalue weighted by atomic mass is 10.0. The van der Waals surface area contributed by atoms with Gasteiger partial charge in [0.1, 0.15) is 18.3 Å². The minimum absolute atomic E-state index is 0.0243. The second-order valence-corrected chi connectivity index (χ2v) is 12.9. The van der Waals surface area contributed by atoms with Crippen LogP contribution in [0, 0.1) is 6.92 Å². The Bertz CT molecular complexity index is 1660. The summed E-state index contributed by atoms with van der Waals surface area (Å²) in [6.07, 6.45) is 1.98. The molecule has 0 aromatic heterocycles. The van der Waals surface area contributed by atoms with Crippen LogP contribution in [0.5, 0.6) is 5.75 Å². The molecule has 0 radical (unpaired) electrons. The molecular formula is C37H43N3O5S. The number of carbonyl (C=O) groups is 2. The Kier molecular flexibility index (Phi) is 12.4. The first-order chi connectivity index (χ1) is 22.2. The highest BCUT2D eigenvalue weighted by Gasteiger charge is 2.34. The smallest absolute Gasteiger partial charge is 0.264 e. The number of nitrogens with zero attached hydrogens (tertiary/aromatic N) is 2. The average Bonchev–Trinajstić information content (AvgIpc) is 3.07. The van der Waals surface area contributed by atoms with E-state index in [4.69, 9.17) is 4.74 Å². The van der Waals surface area contributed by atoms with Crippen molar-refractivity contribution < 1.29 is 22.7 Å². The molecule has 1 atom stereocenters. The Balaban J connectivity index is 1.77. The number of unbranched alkanes of at least 4 members (excludes halogenated alkanes) is 1. The molecule has 1 unspecified atom stereocenters. The second kappa shape index (κ2) is 16.6. The van der Waals surface area contributed by atoms with Gasteiger partial charge in [0.25, 0.3) is 10.0 Å². The lowest BCUT2D eigenvalue weighted by molar-refractivity contribution is -0.140. The highest BCUT2D eigenvalue weighted by atomic mass is 32.2. The Morgan fingerprint density at radius 2 is 1.46 bits per heavy atom. The van der Waals surface area contributed by atoms with Gasteiger partial charge in [-0.1, -0.05) is 86.1 Å². The quantitative estimate of drug-likeness (QED) is 0.148. The summed E-state index contributed by atoms with van der Waals surface area (Å²) in [5.41, 5.74) is 3.07. The third-order valence-corrected chi connectivity index (χ3v) is 9.54. The number of carbonyl (C=O) groups excluding carboxylic acids is 2. The maximum atomic E-state index is 14.5. The van der Waals surface area contributed by atoms with E-state index >= 15 is 0 Å². The van der Waals surface area contributed by atoms with Crippen molar-refractivity contribution in [2.75, 3.05) is 24.0 Å². The van der Waals surface area contributed by atoms with Crippen molar-refractivity contribution in [3.8, 4) is 5.75 Å². The van der Waals surface area contributed by atoms with Gasteiger partial charge in [0.2, 0.25) is 11.8 Å². The summed E-state index contributed by atoms with van der Waals surface area (Å²) in [4.78, 5) is 30.0. The first-order valence-corrected chi connectivity index (χ1v) is 17.1. The highest BCUT2D eigenvalue weighted by molar-refractivity contribution is 7.92. The fourth-order valence-corrected chi connectivity index (χ4v) is 6.57. The molecule has 0 aliphatic heterocycles. The molecule has 8 nitrogen and oxygen atoms in total. The monoisotopic (exact) mass is 641 g/mol. The van der Waals surface area contributed by atoms with Crippen molar-refractivity contribution >= 4 is 27.5 Å². The number of hydrogen-bond acceptors (Lipinski definition) is 5. The maximum absolute atomic E-state index is 14.5. The van der Waals surface area contributed by atoms with Gasteiger partial charge in [-0.3, -0.25) is 13.9 Å². The molecule has 242 valence electrons. The Morgan fingerprint density at radius 3 is 2.09 bits per heavy atom. The first kappa shape index (κ1) is 34.2. The molecule has 0 bridgehead atoms. The average molecular weight is 642 g/mol. The van der Waals surface area contributed by atoms with Crippen LogP contribution in [0.4, 0.5) is 5.69 Å². The van der Waals surface area contributed by atoms with Crippen LogP contribution in [0.2, 0.25) is 0 Å². The van der Waals surface area contributed by atoms with E-state index in [1.54, 1.807) is 42.5 Å². The van der Waals surface area contributed by atoms with E-state index in [1.807, 2.05) is 75.4 Å². The molecule has 0 saturated carbocycles. The molecule has 4 aromatic carbocycles. The van der Waals surface area contributed by atoms with E-state index in [1.165, 1.54) is 17.0 Å². The summed E-state index contributed by atoms with van der Waals surface area (Å²) < 4.78 is 35.0. The van der Waals surface area contributed by atoms with Crippen LogP contribution in [0.15, 0.2) is 114 Å². The van der Waals surface area contributed by atoms with Gasteiger partial charge in [0.15, 0.2) is 0 Å². The summed E-state index contributed by atoms with van der Waals surface area (Å²) in [5.74, 6) is -0.223. The lowest BCUT2D eigenvalue weighted by Gasteiger charge is -2.34. The summed E-state index contributed by atoms with van der Waals surface area (Å²) in [6, 6.07) is 31.1. The van der Waals surface area contributed by atoms with E-state index in [2.05, 4.69) is 5.32 Å². The number of amides is 2. The normalized spacial score (nSPS) is 11.8. The number of para-hydroxylation sites is 1. The van der Waals surface area contributed by atoms with Gasteiger partial charge in [-0.2, -0.15) is 0 Å². The summed E-state index contributed by atoms with van der Waals surface area (Å²) >= 11 is 0. The predicted octanol–water partition coefficient (Wildman–Crippen LogP) is 6.15. The summed E-state index contributed by atoms with van der Waals surface area (Å²) in [5, 5.41) is 3.02. The van der Waals surface area contributed by atoms with E-state index in [0.29, 0.717) is 24.6 Å². The van der Waals surface area contributed by atoms with Crippen molar-refractivity contribution in [2.24, 2.45) is 0 Å². The van der Waals surface area contributed by atoms with Crippen LogP contribution in [-0.4, -0.2) is 50.9 Å². The van der Waals surface area contributed by atoms with Crippen molar-refractivity contribution in [2.45, 2.75) is 57.5 Å². The second-order valence-electron chi connectivity index (χ2n) is 11.0. The molecule has 0 saturated heterocycles. The fraction of sp³-hybridized carbons (Fsp3) is 0.297. The van der Waals surface area contributed by atoms with Gasteiger partial charge in [-0.15, -0.1) is 0 Å². The number of rotatable bonds is 16. The largest absolute Gasteiger partial charge is 0.494 e. The molecule has 4 aromatic rings. The van der Waals surface area contributed by atoms with Crippen LogP contribution < -0.4 is 14.4 Å². The Labute approximate surface area is 273 Å². The molecule has 0 aliphatic rings. The highest BCUT2D eigenvalue weighted by Crippen LogP contribution is 2.26. The van der Waals surface area contributed by atoms with Gasteiger partial charge in [0.05, 0.1) is 17.2 Å². The van der Waals surface area contributed by atoms with E-state index in [9.17, 15) is 18.0 Å². The molecular weight excluding hydrogens is 598 g/mol. The van der Waals surface area contributed by atoms with Crippen molar-refractivity contribution in [3.63, 3.8) is 0 Å². The first-order valence-electron chi connectivity index (χ1n) is 15.7.